The monoisotopic (exact) mass is 354 g/mol. The molecule has 5 nitrogen and oxygen atoms in total. The molecule has 2 aromatic carbocycles. The highest BCUT2D eigenvalue weighted by atomic mass is 32.2. The van der Waals surface area contributed by atoms with Crippen LogP contribution in [0.1, 0.15) is 23.1 Å². The zero-order chi connectivity index (χ0) is 17.6. The Bertz CT molecular complexity index is 1150. The Hall–Kier alpha value is -2.60. The van der Waals surface area contributed by atoms with Gasteiger partial charge in [-0.25, -0.2) is 8.42 Å². The number of rotatable bonds is 3. The van der Waals surface area contributed by atoms with Crippen LogP contribution in [0.4, 0.5) is 5.69 Å². The molecule has 0 atom stereocenters. The lowest BCUT2D eigenvalue weighted by molar-refractivity contribution is 0.601. The summed E-state index contributed by atoms with van der Waals surface area (Å²) in [4.78, 5) is 14.8. The summed E-state index contributed by atoms with van der Waals surface area (Å²) in [7, 11) is -3.66. The summed E-state index contributed by atoms with van der Waals surface area (Å²) in [6.07, 6.45) is 3.01. The fourth-order valence-corrected chi connectivity index (χ4v) is 4.40. The van der Waals surface area contributed by atoms with Gasteiger partial charge in [-0.05, 0) is 73.0 Å². The molecule has 0 saturated carbocycles. The third-order valence-electron chi connectivity index (χ3n) is 4.66. The summed E-state index contributed by atoms with van der Waals surface area (Å²) in [5.41, 5.74) is 3.82. The lowest BCUT2D eigenvalue weighted by Crippen LogP contribution is -2.14. The Morgan fingerprint density at radius 3 is 2.64 bits per heavy atom. The number of hydrogen-bond donors (Lipinski definition) is 2. The molecule has 0 unspecified atom stereocenters. The number of aromatic nitrogens is 1. The molecular formula is C19H18N2O3S. The van der Waals surface area contributed by atoms with Crippen molar-refractivity contribution in [2.75, 3.05) is 4.72 Å². The van der Waals surface area contributed by atoms with Crippen molar-refractivity contribution in [3.63, 3.8) is 0 Å². The number of benzene rings is 2. The van der Waals surface area contributed by atoms with Crippen molar-refractivity contribution >= 4 is 26.6 Å². The summed E-state index contributed by atoms with van der Waals surface area (Å²) in [6.45, 7) is 1.74. The molecule has 1 heterocycles. The normalized spacial score (nSPS) is 13.8. The topological polar surface area (TPSA) is 79.0 Å². The third-order valence-corrected chi connectivity index (χ3v) is 6.04. The van der Waals surface area contributed by atoms with Crippen molar-refractivity contribution in [1.82, 2.24) is 4.98 Å². The number of pyridine rings is 1. The van der Waals surface area contributed by atoms with Gasteiger partial charge < -0.3 is 4.98 Å². The van der Waals surface area contributed by atoms with E-state index in [1.807, 2.05) is 6.07 Å². The van der Waals surface area contributed by atoms with Crippen LogP contribution < -0.4 is 10.3 Å². The van der Waals surface area contributed by atoms with Gasteiger partial charge in [-0.1, -0.05) is 12.1 Å². The van der Waals surface area contributed by atoms with E-state index in [9.17, 15) is 13.2 Å². The standard InChI is InChI=1S/C19H18N2O3S/c1-12-9-15-5-7-16(11-18(15)20-19(12)22)21-25(23,24)17-8-6-13-3-2-4-14(13)10-17/h5-11,21H,2-4H2,1H3,(H,20,22). The average Bonchev–Trinajstić information content (AvgIpc) is 3.03. The van der Waals surface area contributed by atoms with E-state index in [0.717, 1.165) is 30.2 Å². The number of sulfonamides is 1. The van der Waals surface area contributed by atoms with Gasteiger partial charge in [0.05, 0.1) is 16.1 Å². The van der Waals surface area contributed by atoms with Gasteiger partial charge in [-0.2, -0.15) is 0 Å². The van der Waals surface area contributed by atoms with Gasteiger partial charge in [-0.15, -0.1) is 0 Å². The number of nitrogens with one attached hydrogen (secondary N) is 2. The summed E-state index contributed by atoms with van der Waals surface area (Å²) in [5.74, 6) is 0. The molecule has 0 radical (unpaired) electrons. The Morgan fingerprint density at radius 1 is 1.00 bits per heavy atom. The molecule has 1 aromatic heterocycles. The maximum Gasteiger partial charge on any atom is 0.261 e. The summed E-state index contributed by atoms with van der Waals surface area (Å²) in [6, 6.07) is 12.2. The second kappa shape index (κ2) is 5.74. The number of anilines is 1. The Labute approximate surface area is 145 Å². The van der Waals surface area contributed by atoms with Crippen LogP contribution in [-0.4, -0.2) is 13.4 Å². The molecule has 0 saturated heterocycles. The molecule has 0 bridgehead atoms. The Kier molecular flexibility index (Phi) is 3.65. The highest BCUT2D eigenvalue weighted by molar-refractivity contribution is 7.92. The van der Waals surface area contributed by atoms with Crippen molar-refractivity contribution in [3.8, 4) is 0 Å². The maximum absolute atomic E-state index is 12.7. The number of fused-ring (bicyclic) bond motifs is 2. The number of aryl methyl sites for hydroxylation is 3. The van der Waals surface area contributed by atoms with E-state index in [1.165, 1.54) is 5.56 Å². The molecule has 0 spiro atoms. The zero-order valence-corrected chi connectivity index (χ0v) is 14.6. The van der Waals surface area contributed by atoms with E-state index in [-0.39, 0.29) is 10.5 Å². The highest BCUT2D eigenvalue weighted by Gasteiger charge is 2.18. The van der Waals surface area contributed by atoms with E-state index in [0.29, 0.717) is 16.8 Å². The van der Waals surface area contributed by atoms with Crippen molar-refractivity contribution < 1.29 is 8.42 Å². The van der Waals surface area contributed by atoms with Crippen LogP contribution in [0.3, 0.4) is 0 Å². The number of H-pyrrole nitrogens is 1. The third kappa shape index (κ3) is 2.93. The molecule has 0 aliphatic heterocycles. The first-order valence-corrected chi connectivity index (χ1v) is 9.69. The van der Waals surface area contributed by atoms with Crippen LogP contribution >= 0.6 is 0 Å². The molecule has 3 aromatic rings. The fourth-order valence-electron chi connectivity index (χ4n) is 3.30. The van der Waals surface area contributed by atoms with Crippen LogP contribution in [0, 0.1) is 6.92 Å². The van der Waals surface area contributed by atoms with Gasteiger partial charge in [0, 0.05) is 5.56 Å². The summed E-state index contributed by atoms with van der Waals surface area (Å²) in [5, 5.41) is 0.859. The maximum atomic E-state index is 12.7. The summed E-state index contributed by atoms with van der Waals surface area (Å²) >= 11 is 0. The van der Waals surface area contributed by atoms with Gasteiger partial charge in [0.15, 0.2) is 0 Å². The zero-order valence-electron chi connectivity index (χ0n) is 13.8. The molecule has 0 amide bonds. The van der Waals surface area contributed by atoms with Gasteiger partial charge in [-0.3, -0.25) is 9.52 Å². The molecule has 4 rings (SSSR count). The highest BCUT2D eigenvalue weighted by Crippen LogP contribution is 2.26. The van der Waals surface area contributed by atoms with Crippen LogP contribution in [0.25, 0.3) is 10.9 Å². The van der Waals surface area contributed by atoms with E-state index in [4.69, 9.17) is 0 Å². The minimum atomic E-state index is -3.66. The first-order chi connectivity index (χ1) is 11.9. The van der Waals surface area contributed by atoms with Gasteiger partial charge in [0.2, 0.25) is 0 Å². The Morgan fingerprint density at radius 2 is 1.80 bits per heavy atom. The van der Waals surface area contributed by atoms with Crippen LogP contribution in [-0.2, 0) is 22.9 Å². The second-order valence-corrected chi connectivity index (χ2v) is 8.16. The molecule has 1 aliphatic rings. The molecule has 128 valence electrons. The van der Waals surface area contributed by atoms with E-state index >= 15 is 0 Å². The van der Waals surface area contributed by atoms with Gasteiger partial charge >= 0.3 is 0 Å². The minimum absolute atomic E-state index is 0.175. The van der Waals surface area contributed by atoms with Gasteiger partial charge in [0.1, 0.15) is 0 Å². The van der Waals surface area contributed by atoms with Crippen LogP contribution in [0.2, 0.25) is 0 Å². The second-order valence-electron chi connectivity index (χ2n) is 6.47. The lowest BCUT2D eigenvalue weighted by atomic mass is 10.1. The van der Waals surface area contributed by atoms with Crippen LogP contribution in [0.5, 0.6) is 0 Å². The summed E-state index contributed by atoms with van der Waals surface area (Å²) < 4.78 is 28.0. The minimum Gasteiger partial charge on any atom is -0.322 e. The van der Waals surface area contributed by atoms with E-state index in [1.54, 1.807) is 43.3 Å². The van der Waals surface area contributed by atoms with Crippen molar-refractivity contribution in [3.05, 3.63) is 69.5 Å². The van der Waals surface area contributed by atoms with Gasteiger partial charge in [0.25, 0.3) is 15.6 Å². The SMILES string of the molecule is Cc1cc2ccc(NS(=O)(=O)c3ccc4c(c3)CCC4)cc2[nH]c1=O. The molecule has 0 fully saturated rings. The van der Waals surface area contributed by atoms with E-state index < -0.39 is 10.0 Å². The predicted octanol–water partition coefficient (Wildman–Crippen LogP) is 3.13. The van der Waals surface area contributed by atoms with Crippen molar-refractivity contribution in [2.45, 2.75) is 31.1 Å². The molecular weight excluding hydrogens is 336 g/mol. The Balaban J connectivity index is 1.70. The smallest absolute Gasteiger partial charge is 0.261 e. The first-order valence-electron chi connectivity index (χ1n) is 8.21. The fraction of sp³-hybridized carbons (Fsp3) is 0.211. The molecule has 25 heavy (non-hydrogen) atoms. The largest absolute Gasteiger partial charge is 0.322 e. The molecule has 6 heteroatoms. The quantitative estimate of drug-likeness (QED) is 0.758. The van der Waals surface area contributed by atoms with Crippen molar-refractivity contribution in [1.29, 1.82) is 0 Å². The van der Waals surface area contributed by atoms with Crippen LogP contribution in [0.15, 0.2) is 52.2 Å². The lowest BCUT2D eigenvalue weighted by Gasteiger charge is -2.10. The molecule has 2 N–H and O–H groups in total. The van der Waals surface area contributed by atoms with Crippen molar-refractivity contribution in [2.24, 2.45) is 0 Å². The van der Waals surface area contributed by atoms with E-state index in [2.05, 4.69) is 9.71 Å². The first kappa shape index (κ1) is 15.9. The number of aromatic amines is 1. The average molecular weight is 354 g/mol. The number of hydrogen-bond acceptors (Lipinski definition) is 3. The molecule has 1 aliphatic carbocycles. The predicted molar refractivity (Wildman–Crippen MR) is 98.6 cm³/mol.